The third-order valence-corrected chi connectivity index (χ3v) is 4.30. The van der Waals surface area contributed by atoms with E-state index in [-0.39, 0.29) is 6.10 Å². The first-order valence-corrected chi connectivity index (χ1v) is 8.58. The maximum Gasteiger partial charge on any atom is 0.119 e. The van der Waals surface area contributed by atoms with Gasteiger partial charge in [-0.05, 0) is 47.9 Å². The minimum absolute atomic E-state index is 0.201. The molecule has 0 amide bonds. The van der Waals surface area contributed by atoms with Crippen molar-refractivity contribution >= 4 is 22.4 Å². The van der Waals surface area contributed by atoms with E-state index >= 15 is 0 Å². The van der Waals surface area contributed by atoms with E-state index in [0.29, 0.717) is 5.57 Å². The van der Waals surface area contributed by atoms with Gasteiger partial charge in [0.25, 0.3) is 0 Å². The molecular weight excluding hydrogens is 306 g/mol. The second-order valence-electron chi connectivity index (χ2n) is 6.10. The minimum atomic E-state index is 0.201. The summed E-state index contributed by atoms with van der Waals surface area (Å²) in [4.78, 5) is 0. The number of rotatable bonds is 5. The fourth-order valence-corrected chi connectivity index (χ4v) is 2.76. The Bertz CT molecular complexity index is 927. The van der Waals surface area contributed by atoms with Gasteiger partial charge in [-0.25, -0.2) is 0 Å². The van der Waals surface area contributed by atoms with Crippen molar-refractivity contribution in [1.29, 1.82) is 5.26 Å². The van der Waals surface area contributed by atoms with Gasteiger partial charge in [-0.15, -0.1) is 0 Å². The number of nitriles is 1. The van der Waals surface area contributed by atoms with E-state index < -0.39 is 0 Å². The molecule has 0 aliphatic carbocycles. The van der Waals surface area contributed by atoms with Crippen LogP contribution >= 0.6 is 0 Å². The number of allylic oxidation sites excluding steroid dienone is 1. The maximum atomic E-state index is 9.66. The zero-order chi connectivity index (χ0) is 17.6. The SMILES string of the molecule is CC[C@H](C)Oc1ccc(/C=C(\C#N)c2cccc3ccccc23)cc1. The van der Waals surface area contributed by atoms with E-state index in [4.69, 9.17) is 4.74 Å². The maximum absolute atomic E-state index is 9.66. The highest BCUT2D eigenvalue weighted by Crippen LogP contribution is 2.27. The van der Waals surface area contributed by atoms with Crippen LogP contribution in [0.4, 0.5) is 0 Å². The number of hydrogen-bond acceptors (Lipinski definition) is 2. The average Bonchev–Trinajstić information content (AvgIpc) is 2.67. The Morgan fingerprint density at radius 3 is 2.48 bits per heavy atom. The molecule has 0 heterocycles. The Balaban J connectivity index is 1.94. The minimum Gasteiger partial charge on any atom is -0.491 e. The summed E-state index contributed by atoms with van der Waals surface area (Å²) in [5.74, 6) is 0.857. The lowest BCUT2D eigenvalue weighted by molar-refractivity contribution is 0.217. The van der Waals surface area contributed by atoms with E-state index in [1.54, 1.807) is 0 Å². The van der Waals surface area contributed by atoms with Crippen LogP contribution in [0.2, 0.25) is 0 Å². The molecule has 3 aromatic rings. The van der Waals surface area contributed by atoms with Crippen molar-refractivity contribution in [1.82, 2.24) is 0 Å². The molecule has 3 aromatic carbocycles. The molecule has 25 heavy (non-hydrogen) atoms. The lowest BCUT2D eigenvalue weighted by Gasteiger charge is -2.12. The monoisotopic (exact) mass is 327 g/mol. The van der Waals surface area contributed by atoms with Gasteiger partial charge in [-0.1, -0.05) is 61.5 Å². The van der Waals surface area contributed by atoms with E-state index in [9.17, 15) is 5.26 Å². The first-order chi connectivity index (χ1) is 12.2. The second kappa shape index (κ2) is 7.68. The molecule has 2 nitrogen and oxygen atoms in total. The molecule has 0 aliphatic heterocycles. The van der Waals surface area contributed by atoms with E-state index in [2.05, 4.69) is 38.1 Å². The third-order valence-electron chi connectivity index (χ3n) is 4.30. The summed E-state index contributed by atoms with van der Waals surface area (Å²) in [6, 6.07) is 24.4. The van der Waals surface area contributed by atoms with Crippen LogP contribution in [0.25, 0.3) is 22.4 Å². The predicted octanol–water partition coefficient (Wildman–Crippen LogP) is 6.08. The second-order valence-corrected chi connectivity index (χ2v) is 6.10. The summed E-state index contributed by atoms with van der Waals surface area (Å²) in [5, 5.41) is 11.9. The smallest absolute Gasteiger partial charge is 0.119 e. The van der Waals surface area contributed by atoms with Crippen LogP contribution in [0, 0.1) is 11.3 Å². The topological polar surface area (TPSA) is 33.0 Å². The van der Waals surface area contributed by atoms with Gasteiger partial charge in [0, 0.05) is 5.56 Å². The molecular formula is C23H21NO. The number of ether oxygens (including phenoxy) is 1. The first-order valence-electron chi connectivity index (χ1n) is 8.58. The Morgan fingerprint density at radius 1 is 1.04 bits per heavy atom. The molecule has 1 atom stereocenters. The first kappa shape index (κ1) is 16.8. The third kappa shape index (κ3) is 3.89. The molecule has 124 valence electrons. The summed E-state index contributed by atoms with van der Waals surface area (Å²) in [6.07, 6.45) is 3.10. The van der Waals surface area contributed by atoms with E-state index in [1.807, 2.05) is 54.6 Å². The lowest BCUT2D eigenvalue weighted by Crippen LogP contribution is -2.09. The van der Waals surface area contributed by atoms with Crippen molar-refractivity contribution in [2.24, 2.45) is 0 Å². The lowest BCUT2D eigenvalue weighted by atomic mass is 9.97. The molecule has 0 aliphatic rings. The quantitative estimate of drug-likeness (QED) is 0.420. The molecule has 3 rings (SSSR count). The molecule has 0 aromatic heterocycles. The van der Waals surface area contributed by atoms with Crippen molar-refractivity contribution in [2.75, 3.05) is 0 Å². The van der Waals surface area contributed by atoms with Crippen LogP contribution < -0.4 is 4.74 Å². The zero-order valence-corrected chi connectivity index (χ0v) is 14.6. The molecule has 0 saturated carbocycles. The molecule has 2 heteroatoms. The van der Waals surface area contributed by atoms with Crippen LogP contribution in [0.5, 0.6) is 5.75 Å². The van der Waals surface area contributed by atoms with Gasteiger partial charge >= 0.3 is 0 Å². The van der Waals surface area contributed by atoms with Crippen molar-refractivity contribution in [3.8, 4) is 11.8 Å². The normalized spacial score (nSPS) is 12.6. The number of hydrogen-bond donors (Lipinski definition) is 0. The summed E-state index contributed by atoms with van der Waals surface area (Å²) >= 11 is 0. The highest BCUT2D eigenvalue weighted by Gasteiger charge is 2.06. The molecule has 0 bridgehead atoms. The Labute approximate surface area is 149 Å². The van der Waals surface area contributed by atoms with Gasteiger partial charge in [0.15, 0.2) is 0 Å². The van der Waals surface area contributed by atoms with Gasteiger partial charge in [-0.3, -0.25) is 0 Å². The Kier molecular flexibility index (Phi) is 5.16. The summed E-state index contributed by atoms with van der Waals surface area (Å²) in [6.45, 7) is 4.16. The molecule has 0 saturated heterocycles. The van der Waals surface area contributed by atoms with Crippen molar-refractivity contribution in [3.05, 3.63) is 77.9 Å². The van der Waals surface area contributed by atoms with E-state index in [0.717, 1.165) is 34.1 Å². The number of nitrogens with zero attached hydrogens (tertiary/aromatic N) is 1. The van der Waals surface area contributed by atoms with Crippen molar-refractivity contribution in [3.63, 3.8) is 0 Å². The van der Waals surface area contributed by atoms with Crippen LogP contribution in [-0.2, 0) is 0 Å². The van der Waals surface area contributed by atoms with Crippen LogP contribution in [-0.4, -0.2) is 6.10 Å². The molecule has 0 N–H and O–H groups in total. The van der Waals surface area contributed by atoms with Crippen LogP contribution in [0.3, 0.4) is 0 Å². The average molecular weight is 327 g/mol. The van der Waals surface area contributed by atoms with Gasteiger partial charge in [0.2, 0.25) is 0 Å². The fraction of sp³-hybridized carbons (Fsp3) is 0.174. The van der Waals surface area contributed by atoms with Crippen molar-refractivity contribution in [2.45, 2.75) is 26.4 Å². The Morgan fingerprint density at radius 2 is 1.76 bits per heavy atom. The number of fused-ring (bicyclic) bond motifs is 1. The molecule has 0 fully saturated rings. The summed E-state index contributed by atoms with van der Waals surface area (Å²) in [5.41, 5.74) is 2.61. The largest absolute Gasteiger partial charge is 0.491 e. The fourth-order valence-electron chi connectivity index (χ4n) is 2.76. The van der Waals surface area contributed by atoms with Gasteiger partial charge in [-0.2, -0.15) is 5.26 Å². The highest BCUT2D eigenvalue weighted by atomic mass is 16.5. The molecule has 0 unspecified atom stereocenters. The highest BCUT2D eigenvalue weighted by molar-refractivity contribution is 6.01. The van der Waals surface area contributed by atoms with Crippen LogP contribution in [0.15, 0.2) is 66.7 Å². The summed E-state index contributed by atoms with van der Waals surface area (Å²) in [7, 11) is 0. The van der Waals surface area contributed by atoms with Gasteiger partial charge in [0.1, 0.15) is 5.75 Å². The zero-order valence-electron chi connectivity index (χ0n) is 14.6. The van der Waals surface area contributed by atoms with Gasteiger partial charge < -0.3 is 4.74 Å². The van der Waals surface area contributed by atoms with Crippen molar-refractivity contribution < 1.29 is 4.74 Å². The summed E-state index contributed by atoms with van der Waals surface area (Å²) < 4.78 is 5.81. The molecule has 0 spiro atoms. The Hall–Kier alpha value is -3.05. The standard InChI is InChI=1S/C23H21NO/c1-3-17(2)25-21-13-11-18(12-14-21)15-20(16-24)23-10-6-8-19-7-4-5-9-22(19)23/h4-15,17H,3H2,1-2H3/b20-15+/t17-/m0/s1. The van der Waals surface area contributed by atoms with E-state index in [1.165, 1.54) is 0 Å². The van der Waals surface area contributed by atoms with Gasteiger partial charge in [0.05, 0.1) is 17.7 Å². The predicted molar refractivity (Wildman–Crippen MR) is 104 cm³/mol. The molecule has 0 radical (unpaired) electrons. The van der Waals surface area contributed by atoms with Crippen LogP contribution in [0.1, 0.15) is 31.4 Å². The number of benzene rings is 3.